The van der Waals surface area contributed by atoms with Gasteiger partial charge in [0, 0.05) is 36.1 Å². The molecule has 3 amide bonds. The van der Waals surface area contributed by atoms with Crippen LogP contribution in [-0.2, 0) is 38.4 Å². The van der Waals surface area contributed by atoms with Crippen LogP contribution >= 0.6 is 11.6 Å². The molecular weight excluding hydrogens is 648 g/mol. The van der Waals surface area contributed by atoms with Crippen molar-refractivity contribution in [2.24, 2.45) is 0 Å². The summed E-state index contributed by atoms with van der Waals surface area (Å²) in [5, 5.41) is 4.35. The van der Waals surface area contributed by atoms with Gasteiger partial charge in [-0.3, -0.25) is 19.2 Å². The third kappa shape index (κ3) is 7.21. The van der Waals surface area contributed by atoms with Crippen molar-refractivity contribution < 1.29 is 19.2 Å². The van der Waals surface area contributed by atoms with Gasteiger partial charge >= 0.3 is 0 Å². The molecule has 8 nitrogen and oxygen atoms in total. The maximum atomic E-state index is 13.5. The van der Waals surface area contributed by atoms with Gasteiger partial charge in [0.05, 0.1) is 29.6 Å². The average molecular weight is 687 g/mol. The summed E-state index contributed by atoms with van der Waals surface area (Å²) in [6.07, 6.45) is 3.71. The summed E-state index contributed by atoms with van der Waals surface area (Å²) in [7, 11) is 0. The van der Waals surface area contributed by atoms with Crippen molar-refractivity contribution in [2.45, 2.75) is 57.0 Å². The van der Waals surface area contributed by atoms with E-state index in [1.165, 1.54) is 0 Å². The topological polar surface area (TPSA) is 103 Å². The molecule has 9 heteroatoms. The molecule has 0 radical (unpaired) electrons. The van der Waals surface area contributed by atoms with E-state index in [4.69, 9.17) is 11.6 Å². The third-order valence-electron chi connectivity index (χ3n) is 9.84. The van der Waals surface area contributed by atoms with Crippen molar-refractivity contribution in [1.82, 2.24) is 14.8 Å². The zero-order chi connectivity index (χ0) is 34.6. The number of H-pyrrole nitrogens is 1. The number of fused-ring (bicyclic) bond motifs is 1. The summed E-state index contributed by atoms with van der Waals surface area (Å²) in [4.78, 5) is 59.7. The Bertz CT molecular complexity index is 2030. The number of hydrogen-bond donors (Lipinski definition) is 2. The lowest BCUT2D eigenvalue weighted by molar-refractivity contribution is -0.136. The lowest BCUT2D eigenvalue weighted by Crippen LogP contribution is -2.43. The number of halogens is 1. The van der Waals surface area contributed by atoms with E-state index in [0.29, 0.717) is 43.1 Å². The third-order valence-corrected chi connectivity index (χ3v) is 10.2. The lowest BCUT2D eigenvalue weighted by atomic mass is 10.0. The molecule has 2 N–H and O–H groups in total. The zero-order valence-corrected chi connectivity index (χ0v) is 28.5. The van der Waals surface area contributed by atoms with Gasteiger partial charge in [-0.05, 0) is 72.2 Å². The number of nitrogens with one attached hydrogen (secondary N) is 2. The minimum Gasteiger partial charge on any atom is -0.353 e. The van der Waals surface area contributed by atoms with Crippen LogP contribution in [0.15, 0.2) is 103 Å². The molecule has 2 aliphatic rings. The Kier molecular flexibility index (Phi) is 9.81. The van der Waals surface area contributed by atoms with Crippen LogP contribution in [0.1, 0.15) is 42.4 Å². The molecule has 0 aliphatic carbocycles. The number of Topliss-reactive ketones (excluding diaryl/α,β-unsaturated/α-hetero) is 1. The highest BCUT2D eigenvalue weighted by atomic mass is 35.5. The average Bonchev–Trinajstić information content (AvgIpc) is 3.89. The molecule has 0 saturated carbocycles. The summed E-state index contributed by atoms with van der Waals surface area (Å²) in [6, 6.07) is 31.6. The van der Waals surface area contributed by atoms with Crippen molar-refractivity contribution >= 4 is 51.7 Å². The maximum Gasteiger partial charge on any atom is 0.247 e. The number of likely N-dealkylation sites (tertiary alicyclic amines) is 2. The highest BCUT2D eigenvalue weighted by Crippen LogP contribution is 2.36. The number of nitrogens with zero attached hydrogens (tertiary/aromatic N) is 2. The van der Waals surface area contributed by atoms with Crippen LogP contribution in [0.25, 0.3) is 22.2 Å². The standard InChI is InChI=1S/C41H39ClN4O4/c42-39-32-23-29(24-36(47)34-13-7-21-45(34)37(48)25-27-9-3-1-4-10-27)15-20-33(32)44-40(39)30-16-18-31(19-17-30)43-41(50)35-14-8-22-46(35)38(49)26-28-11-5-2-6-12-28/h1-6,9-12,15-20,23,34-35,44H,7-8,13-14,21-22,24-26H2,(H,43,50)/t34-,35-/m0/s1. The zero-order valence-electron chi connectivity index (χ0n) is 27.7. The van der Waals surface area contributed by atoms with Crippen LogP contribution in [-0.4, -0.2) is 63.5 Å². The summed E-state index contributed by atoms with van der Waals surface area (Å²) < 4.78 is 0. The summed E-state index contributed by atoms with van der Waals surface area (Å²) >= 11 is 6.91. The van der Waals surface area contributed by atoms with Crippen LogP contribution in [0.4, 0.5) is 5.69 Å². The maximum absolute atomic E-state index is 13.5. The Balaban J connectivity index is 0.991. The number of ketones is 1. The number of amides is 3. The number of carbonyl (C=O) groups excluding carboxylic acids is 4. The minimum atomic E-state index is -0.498. The van der Waals surface area contributed by atoms with Gasteiger partial charge in [0.2, 0.25) is 17.7 Å². The minimum absolute atomic E-state index is 0.0131. The van der Waals surface area contributed by atoms with Gasteiger partial charge < -0.3 is 20.1 Å². The molecule has 7 rings (SSSR count). The molecule has 0 spiro atoms. The SMILES string of the molecule is O=C(Cc1ccc2[nH]c(-c3ccc(NC(=O)[C@@H]4CCCN4C(=O)Cc4ccccc4)cc3)c(Cl)c2c1)[C@@H]1CCCN1C(=O)Cc1ccccc1. The Hall–Kier alpha value is -5.21. The molecule has 2 saturated heterocycles. The van der Waals surface area contributed by atoms with E-state index in [9.17, 15) is 19.2 Å². The second-order valence-electron chi connectivity index (χ2n) is 13.2. The first-order valence-corrected chi connectivity index (χ1v) is 17.6. The van der Waals surface area contributed by atoms with E-state index in [2.05, 4.69) is 10.3 Å². The molecule has 254 valence electrons. The van der Waals surface area contributed by atoms with E-state index in [-0.39, 0.29) is 36.3 Å². The highest BCUT2D eigenvalue weighted by molar-refractivity contribution is 6.38. The van der Waals surface area contributed by atoms with Crippen molar-refractivity contribution in [1.29, 1.82) is 0 Å². The van der Waals surface area contributed by atoms with Crippen LogP contribution in [0.3, 0.4) is 0 Å². The van der Waals surface area contributed by atoms with Gasteiger partial charge in [-0.25, -0.2) is 0 Å². The Labute approximate surface area is 296 Å². The normalized spacial score (nSPS) is 17.3. The molecule has 5 aromatic rings. The molecule has 0 unspecified atom stereocenters. The number of aromatic nitrogens is 1. The highest BCUT2D eigenvalue weighted by Gasteiger charge is 2.35. The fourth-order valence-electron chi connectivity index (χ4n) is 7.26. The largest absolute Gasteiger partial charge is 0.353 e. The van der Waals surface area contributed by atoms with Crippen molar-refractivity contribution in [3.63, 3.8) is 0 Å². The van der Waals surface area contributed by atoms with Crippen LogP contribution < -0.4 is 5.32 Å². The van der Waals surface area contributed by atoms with Crippen molar-refractivity contribution in [3.05, 3.63) is 125 Å². The first kappa shape index (κ1) is 33.3. The second kappa shape index (κ2) is 14.7. The van der Waals surface area contributed by atoms with Crippen molar-refractivity contribution in [2.75, 3.05) is 18.4 Å². The summed E-state index contributed by atoms with van der Waals surface area (Å²) in [6.45, 7) is 1.18. The number of hydrogen-bond acceptors (Lipinski definition) is 4. The summed E-state index contributed by atoms with van der Waals surface area (Å²) in [5.74, 6) is -0.210. The van der Waals surface area contributed by atoms with E-state index in [1.807, 2.05) is 103 Å². The lowest BCUT2D eigenvalue weighted by Gasteiger charge is -2.24. The number of carbonyl (C=O) groups is 4. The predicted octanol–water partition coefficient (Wildman–Crippen LogP) is 7.01. The number of anilines is 1. The first-order chi connectivity index (χ1) is 24.3. The fraction of sp³-hybridized carbons (Fsp3) is 0.268. The van der Waals surface area contributed by atoms with Crippen LogP contribution in [0, 0.1) is 0 Å². The molecule has 0 bridgehead atoms. The Morgan fingerprint density at radius 1 is 0.680 bits per heavy atom. The fourth-order valence-corrected chi connectivity index (χ4v) is 7.57. The second-order valence-corrected chi connectivity index (χ2v) is 13.6. The quantitative estimate of drug-likeness (QED) is 0.165. The molecular formula is C41H39ClN4O4. The number of aromatic amines is 1. The van der Waals surface area contributed by atoms with E-state index in [0.717, 1.165) is 51.7 Å². The molecule has 2 aliphatic heterocycles. The molecule has 4 aromatic carbocycles. The molecule has 3 heterocycles. The van der Waals surface area contributed by atoms with Crippen LogP contribution in [0.2, 0.25) is 5.02 Å². The smallest absolute Gasteiger partial charge is 0.247 e. The monoisotopic (exact) mass is 686 g/mol. The molecule has 2 fully saturated rings. The first-order valence-electron chi connectivity index (χ1n) is 17.2. The van der Waals surface area contributed by atoms with Crippen LogP contribution in [0.5, 0.6) is 0 Å². The van der Waals surface area contributed by atoms with Gasteiger partial charge in [0.25, 0.3) is 0 Å². The van der Waals surface area contributed by atoms with E-state index < -0.39 is 12.1 Å². The van der Waals surface area contributed by atoms with Crippen molar-refractivity contribution in [3.8, 4) is 11.3 Å². The number of rotatable bonds is 10. The van der Waals surface area contributed by atoms with E-state index in [1.54, 1.807) is 9.80 Å². The van der Waals surface area contributed by atoms with Gasteiger partial charge in [0.1, 0.15) is 6.04 Å². The van der Waals surface area contributed by atoms with Gasteiger partial charge in [-0.15, -0.1) is 0 Å². The molecule has 2 atom stereocenters. The predicted molar refractivity (Wildman–Crippen MR) is 196 cm³/mol. The summed E-state index contributed by atoms with van der Waals surface area (Å²) in [5.41, 5.74) is 5.80. The number of benzene rings is 4. The Morgan fingerprint density at radius 2 is 1.26 bits per heavy atom. The Morgan fingerprint density at radius 3 is 1.88 bits per heavy atom. The van der Waals surface area contributed by atoms with Gasteiger partial charge in [-0.1, -0.05) is 90.5 Å². The molecule has 50 heavy (non-hydrogen) atoms. The van der Waals surface area contributed by atoms with Gasteiger partial charge in [-0.2, -0.15) is 0 Å². The van der Waals surface area contributed by atoms with E-state index >= 15 is 0 Å². The molecule has 1 aromatic heterocycles. The van der Waals surface area contributed by atoms with Gasteiger partial charge in [0.15, 0.2) is 5.78 Å².